The first kappa shape index (κ1) is 15.5. The van der Waals surface area contributed by atoms with Crippen LogP contribution in [-0.4, -0.2) is 41.0 Å². The maximum Gasteiger partial charge on any atom is 0.127 e. The molecule has 1 saturated heterocycles. The van der Waals surface area contributed by atoms with Gasteiger partial charge in [0.1, 0.15) is 5.82 Å². The molecule has 2 aliphatic rings. The van der Waals surface area contributed by atoms with Gasteiger partial charge in [0.2, 0.25) is 0 Å². The average molecular weight is 331 g/mol. The van der Waals surface area contributed by atoms with E-state index in [-0.39, 0.29) is 5.82 Å². The number of aromatic amines is 1. The van der Waals surface area contributed by atoms with E-state index in [9.17, 15) is 4.39 Å². The molecule has 4 heteroatoms. The van der Waals surface area contributed by atoms with E-state index in [0.717, 1.165) is 30.5 Å². The largest absolute Gasteiger partial charge is 0.361 e. The molecular formula is C19H25FN2S. The van der Waals surface area contributed by atoms with Crippen molar-refractivity contribution in [3.8, 4) is 0 Å². The Morgan fingerprint density at radius 3 is 3.04 bits per heavy atom. The predicted molar refractivity (Wildman–Crippen MR) is 96.8 cm³/mol. The van der Waals surface area contributed by atoms with E-state index < -0.39 is 0 Å². The minimum atomic E-state index is -0.00528. The van der Waals surface area contributed by atoms with E-state index in [4.69, 9.17) is 0 Å². The Morgan fingerprint density at radius 2 is 2.26 bits per heavy atom. The highest BCUT2D eigenvalue weighted by molar-refractivity contribution is 7.98. The molecule has 1 aromatic heterocycles. The molecular weight excluding hydrogens is 306 g/mol. The third-order valence-corrected chi connectivity index (χ3v) is 6.45. The van der Waals surface area contributed by atoms with Crippen LogP contribution >= 0.6 is 11.8 Å². The molecule has 3 atom stereocenters. The second kappa shape index (κ2) is 6.14. The number of rotatable bonds is 4. The van der Waals surface area contributed by atoms with Crippen LogP contribution in [0.25, 0.3) is 10.9 Å². The van der Waals surface area contributed by atoms with Crippen LogP contribution in [0.3, 0.4) is 0 Å². The number of hydrogen-bond acceptors (Lipinski definition) is 2. The summed E-state index contributed by atoms with van der Waals surface area (Å²) in [5, 5.41) is 1.17. The molecule has 0 bridgehead atoms. The van der Waals surface area contributed by atoms with Gasteiger partial charge in [-0.15, -0.1) is 0 Å². The molecule has 2 heterocycles. The third-order valence-electron chi connectivity index (χ3n) is 5.64. The van der Waals surface area contributed by atoms with Crippen molar-refractivity contribution in [3.05, 3.63) is 35.3 Å². The second-order valence-electron chi connectivity index (χ2n) is 7.13. The first-order valence-corrected chi connectivity index (χ1v) is 10.1. The van der Waals surface area contributed by atoms with Gasteiger partial charge in [-0.2, -0.15) is 11.8 Å². The van der Waals surface area contributed by atoms with E-state index in [1.807, 2.05) is 17.8 Å². The summed E-state index contributed by atoms with van der Waals surface area (Å²) in [5.41, 5.74) is 3.39. The van der Waals surface area contributed by atoms with Gasteiger partial charge in [0.15, 0.2) is 0 Å². The molecule has 0 spiro atoms. The number of likely N-dealkylation sites (tertiary alicyclic amines) is 1. The SMILES string of the molecule is CCCN1C[C@H](CSC)C[C@@H]2c3c([18F])ccc4[nH]cc(c34)C[C@H]21. The van der Waals surface area contributed by atoms with E-state index in [1.54, 1.807) is 6.07 Å². The number of thioether (sulfide) groups is 1. The van der Waals surface area contributed by atoms with Crippen molar-refractivity contribution in [1.82, 2.24) is 9.88 Å². The molecule has 4 rings (SSSR count). The number of H-pyrrole nitrogens is 1. The summed E-state index contributed by atoms with van der Waals surface area (Å²) in [5.74, 6) is 2.20. The predicted octanol–water partition coefficient (Wildman–Crippen LogP) is 4.41. The highest BCUT2D eigenvalue weighted by atomic mass is 32.2. The van der Waals surface area contributed by atoms with Crippen molar-refractivity contribution in [2.75, 3.05) is 25.1 Å². The van der Waals surface area contributed by atoms with E-state index in [1.165, 1.54) is 29.7 Å². The maximum absolute atomic E-state index is 14.8. The fourth-order valence-corrected chi connectivity index (χ4v) is 5.55. The average Bonchev–Trinajstić information content (AvgIpc) is 2.95. The number of nitrogens with one attached hydrogen (secondary N) is 1. The van der Waals surface area contributed by atoms with Gasteiger partial charge in [-0.1, -0.05) is 6.92 Å². The normalized spacial score (nSPS) is 27.3. The number of piperidine rings is 1. The number of benzene rings is 1. The van der Waals surface area contributed by atoms with Crippen molar-refractivity contribution in [3.63, 3.8) is 0 Å². The first-order valence-electron chi connectivity index (χ1n) is 8.74. The molecule has 0 radical (unpaired) electrons. The Hall–Kier alpha value is -1.00. The molecule has 1 fully saturated rings. The molecule has 1 aliphatic carbocycles. The van der Waals surface area contributed by atoms with Gasteiger partial charge in [0.05, 0.1) is 0 Å². The van der Waals surface area contributed by atoms with Gasteiger partial charge in [-0.3, -0.25) is 4.90 Å². The molecule has 0 amide bonds. The summed E-state index contributed by atoms with van der Waals surface area (Å²) in [7, 11) is 0. The molecule has 1 N–H and O–H groups in total. The zero-order valence-corrected chi connectivity index (χ0v) is 14.8. The zero-order valence-electron chi connectivity index (χ0n) is 13.9. The molecule has 0 saturated carbocycles. The fourth-order valence-electron chi connectivity index (χ4n) is 4.84. The van der Waals surface area contributed by atoms with E-state index >= 15 is 0 Å². The summed E-state index contributed by atoms with van der Waals surface area (Å²) in [4.78, 5) is 5.99. The number of nitrogens with zero attached hydrogens (tertiary/aromatic N) is 1. The Labute approximate surface area is 141 Å². The summed E-state index contributed by atoms with van der Waals surface area (Å²) in [6, 6.07) is 4.02. The maximum atomic E-state index is 14.8. The van der Waals surface area contributed by atoms with Gasteiger partial charge in [-0.25, -0.2) is 4.39 Å². The molecule has 0 unspecified atom stereocenters. The smallest absolute Gasteiger partial charge is 0.127 e. The van der Waals surface area contributed by atoms with Gasteiger partial charge >= 0.3 is 0 Å². The second-order valence-corrected chi connectivity index (χ2v) is 8.04. The summed E-state index contributed by atoms with van der Waals surface area (Å²) < 4.78 is 14.8. The Morgan fingerprint density at radius 1 is 1.39 bits per heavy atom. The van der Waals surface area contributed by atoms with Crippen molar-refractivity contribution in [2.45, 2.75) is 38.1 Å². The van der Waals surface area contributed by atoms with Crippen molar-refractivity contribution >= 4 is 22.7 Å². The molecule has 1 aromatic carbocycles. The molecule has 23 heavy (non-hydrogen) atoms. The molecule has 124 valence electrons. The highest BCUT2D eigenvalue weighted by Gasteiger charge is 2.41. The highest BCUT2D eigenvalue weighted by Crippen LogP contribution is 2.46. The van der Waals surface area contributed by atoms with Crippen molar-refractivity contribution in [1.29, 1.82) is 0 Å². The summed E-state index contributed by atoms with van der Waals surface area (Å²) in [6.07, 6.45) is 7.64. The lowest BCUT2D eigenvalue weighted by atomic mass is 9.72. The first-order chi connectivity index (χ1) is 11.2. The summed E-state index contributed by atoms with van der Waals surface area (Å²) in [6.45, 7) is 4.55. The van der Waals surface area contributed by atoms with Crippen LogP contribution in [0.1, 0.15) is 36.8 Å². The van der Waals surface area contributed by atoms with E-state index in [0.29, 0.717) is 17.9 Å². The van der Waals surface area contributed by atoms with Crippen molar-refractivity contribution in [2.24, 2.45) is 5.92 Å². The zero-order chi connectivity index (χ0) is 16.0. The van der Waals surface area contributed by atoms with Gasteiger partial charge in [0.25, 0.3) is 0 Å². The lowest BCUT2D eigenvalue weighted by Crippen LogP contribution is -2.50. The van der Waals surface area contributed by atoms with Gasteiger partial charge < -0.3 is 4.98 Å². The van der Waals surface area contributed by atoms with Crippen molar-refractivity contribution < 1.29 is 4.39 Å². The van der Waals surface area contributed by atoms with Gasteiger partial charge in [0, 0.05) is 41.2 Å². The Balaban J connectivity index is 1.80. The van der Waals surface area contributed by atoms with E-state index in [2.05, 4.69) is 29.3 Å². The van der Waals surface area contributed by atoms with Crippen LogP contribution in [0.15, 0.2) is 18.3 Å². The van der Waals surface area contributed by atoms with Crippen LogP contribution in [0.4, 0.5) is 4.39 Å². The number of halogens is 1. The monoisotopic (exact) mass is 331 g/mol. The van der Waals surface area contributed by atoms with Crippen LogP contribution in [-0.2, 0) is 6.42 Å². The number of fused-ring (bicyclic) bond motifs is 2. The van der Waals surface area contributed by atoms with Gasteiger partial charge in [-0.05, 0) is 61.4 Å². The fraction of sp³-hybridized carbons (Fsp3) is 0.579. The Kier molecular flexibility index (Phi) is 4.14. The molecule has 2 nitrogen and oxygen atoms in total. The minimum absolute atomic E-state index is 0.00528. The lowest BCUT2D eigenvalue weighted by Gasteiger charge is -2.47. The minimum Gasteiger partial charge on any atom is -0.361 e. The van der Waals surface area contributed by atoms with Crippen LogP contribution < -0.4 is 0 Å². The number of hydrogen-bond donors (Lipinski definition) is 1. The van der Waals surface area contributed by atoms with Crippen LogP contribution in [0.2, 0.25) is 0 Å². The summed E-state index contributed by atoms with van der Waals surface area (Å²) >= 11 is 1.93. The third kappa shape index (κ3) is 2.51. The lowest BCUT2D eigenvalue weighted by molar-refractivity contribution is 0.0913. The van der Waals surface area contributed by atoms with Crippen LogP contribution in [0.5, 0.6) is 0 Å². The number of aromatic nitrogens is 1. The topological polar surface area (TPSA) is 19.0 Å². The molecule has 2 aromatic rings. The Bertz CT molecular complexity index is 711. The quantitative estimate of drug-likeness (QED) is 0.895. The van der Waals surface area contributed by atoms with Crippen LogP contribution in [0, 0.1) is 11.7 Å². The standard InChI is InChI=1S/C19H25FN2S/c1-3-6-22-10-12(11-23-2)7-14-17(22)8-13-9-21-16-5-4-15(20)19(14)18(13)16/h4-5,9,12,14,17,21H,3,6-8,10-11H2,1-2H3/t12-,14+,17-/m1/s1/i20-1. The molecule has 1 aliphatic heterocycles.